The topological polar surface area (TPSA) is 88.8 Å². The second-order valence-corrected chi connectivity index (χ2v) is 9.42. The molecule has 2 aromatic rings. The molecule has 1 fully saturated rings. The number of thiophene rings is 1. The lowest BCUT2D eigenvalue weighted by molar-refractivity contribution is 0.0240. The molecule has 0 aromatic carbocycles. The van der Waals surface area contributed by atoms with Gasteiger partial charge in [0, 0.05) is 38.5 Å². The number of hydrogen-bond donors (Lipinski definition) is 1. The average Bonchev–Trinajstić information content (AvgIpc) is 2.98. The number of carbonyl (C=O) groups excluding carboxylic acids is 2. The fourth-order valence-electron chi connectivity index (χ4n) is 3.52. The molecule has 0 unspecified atom stereocenters. The molecule has 1 saturated heterocycles. The minimum atomic E-state index is -0.497. The second-order valence-electron chi connectivity index (χ2n) is 8.43. The number of ether oxygens (including phenoxy) is 1. The van der Waals surface area contributed by atoms with Gasteiger partial charge in [0.1, 0.15) is 16.2 Å². The molecule has 0 atom stereocenters. The summed E-state index contributed by atoms with van der Waals surface area (Å²) < 4.78 is 5.47. The zero-order valence-electron chi connectivity index (χ0n) is 17.9. The molecule has 0 aliphatic carbocycles. The Morgan fingerprint density at radius 1 is 1.24 bits per heavy atom. The van der Waals surface area contributed by atoms with Crippen LogP contribution in [0.25, 0.3) is 10.2 Å². The largest absolute Gasteiger partial charge is 0.444 e. The Bertz CT molecular complexity index is 924. The van der Waals surface area contributed by atoms with E-state index in [4.69, 9.17) is 15.5 Å². The highest BCUT2D eigenvalue weighted by atomic mass is 32.1. The fraction of sp³-hybridized carbons (Fsp3) is 0.571. The molecule has 3 rings (SSSR count). The van der Waals surface area contributed by atoms with Crippen molar-refractivity contribution in [2.24, 2.45) is 0 Å². The van der Waals surface area contributed by atoms with Gasteiger partial charge in [0.25, 0.3) is 0 Å². The van der Waals surface area contributed by atoms with E-state index in [-0.39, 0.29) is 11.9 Å². The van der Waals surface area contributed by atoms with Crippen molar-refractivity contribution >= 4 is 44.9 Å². The van der Waals surface area contributed by atoms with Crippen LogP contribution in [0.4, 0.5) is 16.3 Å². The molecule has 1 aliphatic heterocycles. The van der Waals surface area contributed by atoms with Gasteiger partial charge in [-0.1, -0.05) is 13.3 Å². The summed E-state index contributed by atoms with van der Waals surface area (Å²) in [5.74, 6) is 0.849. The average molecular weight is 419 g/mol. The third-order valence-electron chi connectivity index (χ3n) is 4.86. The lowest BCUT2D eigenvalue weighted by atomic mass is 10.1. The number of nitrogen functional groups attached to an aromatic ring is 1. The lowest BCUT2D eigenvalue weighted by Gasteiger charge is -2.36. The van der Waals surface area contributed by atoms with E-state index in [9.17, 15) is 9.59 Å². The number of amides is 1. The van der Waals surface area contributed by atoms with E-state index in [0.29, 0.717) is 36.7 Å². The number of anilines is 2. The van der Waals surface area contributed by atoms with Crippen LogP contribution < -0.4 is 10.6 Å². The first-order valence-corrected chi connectivity index (χ1v) is 10.9. The molecule has 1 amide bonds. The summed E-state index contributed by atoms with van der Waals surface area (Å²) in [5.41, 5.74) is 7.46. The lowest BCUT2D eigenvalue weighted by Crippen LogP contribution is -2.50. The maximum Gasteiger partial charge on any atom is 0.410 e. The Kier molecular flexibility index (Phi) is 6.03. The van der Waals surface area contributed by atoms with Crippen LogP contribution in [0.3, 0.4) is 0 Å². The van der Waals surface area contributed by atoms with Gasteiger partial charge >= 0.3 is 6.09 Å². The molecule has 158 valence electrons. The number of carbonyl (C=O) groups is 2. The maximum atomic E-state index is 12.3. The highest BCUT2D eigenvalue weighted by molar-refractivity contribution is 7.21. The molecular weight excluding hydrogens is 388 g/mol. The number of pyridine rings is 1. The summed E-state index contributed by atoms with van der Waals surface area (Å²) in [6.45, 7) is 11.8. The first-order chi connectivity index (χ1) is 13.6. The van der Waals surface area contributed by atoms with E-state index in [1.54, 1.807) is 4.90 Å². The van der Waals surface area contributed by atoms with Crippen LogP contribution >= 0.6 is 11.3 Å². The molecule has 0 spiro atoms. The first-order valence-electron chi connectivity index (χ1n) is 10.1. The highest BCUT2D eigenvalue weighted by Gasteiger charge is 2.27. The molecule has 29 heavy (non-hydrogen) atoms. The van der Waals surface area contributed by atoms with Crippen LogP contribution in [-0.4, -0.2) is 53.5 Å². The van der Waals surface area contributed by atoms with E-state index in [1.807, 2.05) is 20.8 Å². The summed E-state index contributed by atoms with van der Waals surface area (Å²) in [6.07, 6.45) is 1.59. The first kappa shape index (κ1) is 21.4. The van der Waals surface area contributed by atoms with Crippen molar-refractivity contribution in [3.8, 4) is 0 Å². The van der Waals surface area contributed by atoms with E-state index >= 15 is 0 Å². The van der Waals surface area contributed by atoms with Crippen molar-refractivity contribution in [3.05, 3.63) is 16.5 Å². The third-order valence-corrected chi connectivity index (χ3v) is 6.06. The zero-order chi connectivity index (χ0) is 21.3. The van der Waals surface area contributed by atoms with Gasteiger partial charge in [0.15, 0.2) is 5.78 Å². The van der Waals surface area contributed by atoms with Gasteiger partial charge in [-0.25, -0.2) is 9.78 Å². The quantitative estimate of drug-likeness (QED) is 0.752. The molecule has 0 saturated carbocycles. The number of hydrogen-bond acceptors (Lipinski definition) is 7. The van der Waals surface area contributed by atoms with E-state index in [1.165, 1.54) is 18.3 Å². The van der Waals surface area contributed by atoms with Crippen LogP contribution in [0.1, 0.15) is 56.3 Å². The number of piperazine rings is 1. The Morgan fingerprint density at radius 2 is 1.90 bits per heavy atom. The standard InChI is InChI=1S/C21H30N4O3S/c1-6-7-14-12-15(23-19-16(14)17(22)18(29-19)13(2)26)24-8-10-25(11-9-24)20(27)28-21(3,4)5/h12H,6-11,22H2,1-5H3. The predicted molar refractivity (Wildman–Crippen MR) is 118 cm³/mol. The summed E-state index contributed by atoms with van der Waals surface area (Å²) in [5, 5.41) is 0.915. The number of rotatable bonds is 4. The number of Topliss-reactive ketones (excluding diaryl/α,β-unsaturated/α-hetero) is 1. The molecule has 1 aliphatic rings. The number of ketones is 1. The Labute approximate surface area is 175 Å². The monoisotopic (exact) mass is 418 g/mol. The van der Waals surface area contributed by atoms with E-state index in [0.717, 1.165) is 34.4 Å². The van der Waals surface area contributed by atoms with Crippen molar-refractivity contribution in [1.82, 2.24) is 9.88 Å². The summed E-state index contributed by atoms with van der Waals surface area (Å²) >= 11 is 1.37. The van der Waals surface area contributed by atoms with Crippen molar-refractivity contribution in [1.29, 1.82) is 0 Å². The van der Waals surface area contributed by atoms with Crippen molar-refractivity contribution in [3.63, 3.8) is 0 Å². The Morgan fingerprint density at radius 3 is 2.45 bits per heavy atom. The molecule has 3 heterocycles. The summed E-state index contributed by atoms with van der Waals surface area (Å²) in [6, 6.07) is 2.09. The second kappa shape index (κ2) is 8.18. The highest BCUT2D eigenvalue weighted by Crippen LogP contribution is 2.37. The Balaban J connectivity index is 1.84. The van der Waals surface area contributed by atoms with E-state index < -0.39 is 5.60 Å². The molecule has 2 aromatic heterocycles. The SMILES string of the molecule is CCCc1cc(N2CCN(C(=O)OC(C)(C)C)CC2)nc2sc(C(C)=O)c(N)c12. The van der Waals surface area contributed by atoms with Crippen LogP contribution in [0.15, 0.2) is 6.07 Å². The number of aromatic nitrogens is 1. The van der Waals surface area contributed by atoms with Crippen LogP contribution in [0.5, 0.6) is 0 Å². The van der Waals surface area contributed by atoms with Crippen molar-refractivity contribution in [2.45, 2.75) is 53.1 Å². The van der Waals surface area contributed by atoms with Gasteiger partial charge in [0.2, 0.25) is 0 Å². The number of fused-ring (bicyclic) bond motifs is 1. The van der Waals surface area contributed by atoms with Gasteiger partial charge in [0.05, 0.1) is 10.6 Å². The van der Waals surface area contributed by atoms with Crippen molar-refractivity contribution < 1.29 is 14.3 Å². The molecule has 8 heteroatoms. The molecule has 2 N–H and O–H groups in total. The minimum Gasteiger partial charge on any atom is -0.444 e. The molecule has 7 nitrogen and oxygen atoms in total. The van der Waals surface area contributed by atoms with Gasteiger partial charge in [-0.2, -0.15) is 0 Å². The van der Waals surface area contributed by atoms with Crippen LogP contribution in [0, 0.1) is 0 Å². The van der Waals surface area contributed by atoms with Crippen LogP contribution in [0.2, 0.25) is 0 Å². The van der Waals surface area contributed by atoms with Crippen LogP contribution in [-0.2, 0) is 11.2 Å². The normalized spacial score (nSPS) is 15.1. The summed E-state index contributed by atoms with van der Waals surface area (Å²) in [4.78, 5) is 34.4. The van der Waals surface area contributed by atoms with Gasteiger partial charge in [-0.05, 0) is 38.8 Å². The van der Waals surface area contributed by atoms with Gasteiger partial charge in [-0.15, -0.1) is 11.3 Å². The van der Waals surface area contributed by atoms with E-state index in [2.05, 4.69) is 17.9 Å². The maximum absolute atomic E-state index is 12.3. The number of aryl methyl sites for hydroxylation is 1. The zero-order valence-corrected chi connectivity index (χ0v) is 18.7. The minimum absolute atomic E-state index is 0.0273. The molecule has 0 bridgehead atoms. The smallest absolute Gasteiger partial charge is 0.410 e. The van der Waals surface area contributed by atoms with Gasteiger partial charge < -0.3 is 20.3 Å². The molecular formula is C21H30N4O3S. The predicted octanol–water partition coefficient (Wildman–Crippen LogP) is 4.09. The molecule has 0 radical (unpaired) electrons. The summed E-state index contributed by atoms with van der Waals surface area (Å²) in [7, 11) is 0. The number of nitrogens with two attached hydrogens (primary N) is 1. The third kappa shape index (κ3) is 4.63. The number of nitrogens with zero attached hydrogens (tertiary/aromatic N) is 3. The van der Waals surface area contributed by atoms with Gasteiger partial charge in [-0.3, -0.25) is 4.79 Å². The van der Waals surface area contributed by atoms with Crippen molar-refractivity contribution in [2.75, 3.05) is 36.8 Å². The fourth-order valence-corrected chi connectivity index (χ4v) is 4.55. The Hall–Kier alpha value is -2.35.